The predicted molar refractivity (Wildman–Crippen MR) is 108 cm³/mol. The molecule has 0 radical (unpaired) electrons. The molecule has 0 saturated carbocycles. The molecule has 140 valence electrons. The van der Waals surface area contributed by atoms with Gasteiger partial charge in [0.1, 0.15) is 5.60 Å². The van der Waals surface area contributed by atoms with E-state index < -0.39 is 5.60 Å². The third-order valence-corrected chi connectivity index (χ3v) is 5.80. The normalized spacial score (nSPS) is 20.3. The number of aliphatic hydroxyl groups is 1. The Kier molecular flexibility index (Phi) is 4.62. The lowest BCUT2D eigenvalue weighted by atomic mass is 9.92. The molecular formula is C23H27N3O. The number of benzene rings is 2. The van der Waals surface area contributed by atoms with Crippen LogP contribution in [0, 0.1) is 13.8 Å². The van der Waals surface area contributed by atoms with Gasteiger partial charge in [0.05, 0.1) is 5.69 Å². The summed E-state index contributed by atoms with van der Waals surface area (Å²) in [6.07, 6.45) is 0.760. The number of hydrogen-bond donors (Lipinski definition) is 1. The average molecular weight is 361 g/mol. The predicted octanol–water partition coefficient (Wildman–Crippen LogP) is 3.80. The number of β-amino-alcohol motifs (C(OH)–C–C–N with tert-alkyl or cyclic N) is 1. The molecule has 3 aromatic rings. The smallest absolute Gasteiger partial charge is 0.103 e. The molecule has 4 heteroatoms. The number of aromatic nitrogens is 2. The fraction of sp³-hybridized carbons (Fsp3) is 0.348. The van der Waals surface area contributed by atoms with Crippen LogP contribution in [0.4, 0.5) is 0 Å². The zero-order valence-electron chi connectivity index (χ0n) is 16.3. The molecule has 1 fully saturated rings. The maximum Gasteiger partial charge on any atom is 0.103 e. The first-order chi connectivity index (χ1) is 13.0. The lowest BCUT2D eigenvalue weighted by Gasteiger charge is -2.24. The van der Waals surface area contributed by atoms with Gasteiger partial charge < -0.3 is 5.11 Å². The Balaban J connectivity index is 1.58. The number of likely N-dealkylation sites (tertiary alicyclic amines) is 1. The summed E-state index contributed by atoms with van der Waals surface area (Å²) in [5, 5.41) is 16.0. The third kappa shape index (κ3) is 3.43. The van der Waals surface area contributed by atoms with Gasteiger partial charge >= 0.3 is 0 Å². The van der Waals surface area contributed by atoms with Gasteiger partial charge in [0.2, 0.25) is 0 Å². The Bertz CT molecular complexity index is 930. The van der Waals surface area contributed by atoms with Gasteiger partial charge in [-0.2, -0.15) is 5.10 Å². The number of aryl methyl sites for hydroxylation is 2. The highest BCUT2D eigenvalue weighted by Gasteiger charge is 2.38. The van der Waals surface area contributed by atoms with E-state index in [1.54, 1.807) is 0 Å². The summed E-state index contributed by atoms with van der Waals surface area (Å²) >= 11 is 0. The van der Waals surface area contributed by atoms with Crippen molar-refractivity contribution in [2.24, 2.45) is 7.05 Å². The van der Waals surface area contributed by atoms with Crippen molar-refractivity contribution in [3.8, 4) is 11.3 Å². The van der Waals surface area contributed by atoms with Crippen LogP contribution < -0.4 is 0 Å². The second-order valence-electron chi connectivity index (χ2n) is 7.76. The van der Waals surface area contributed by atoms with Gasteiger partial charge in [-0.1, -0.05) is 60.2 Å². The lowest BCUT2D eigenvalue weighted by molar-refractivity contribution is 0.0453. The Labute approximate surface area is 161 Å². The summed E-state index contributed by atoms with van der Waals surface area (Å²) in [4.78, 5) is 2.34. The standard InChI is InChI=1S/C23H27N3O/c1-17-9-11-20(12-10-17)23(27)13-14-26(16-23)15-21-18(2)25(3)24-22(21)19-7-5-4-6-8-19/h4-12,27H,13-16H2,1-3H3/t23-/m1/s1. The van der Waals surface area contributed by atoms with Crippen LogP contribution in [0.5, 0.6) is 0 Å². The van der Waals surface area contributed by atoms with Crippen LogP contribution in [0.25, 0.3) is 11.3 Å². The highest BCUT2D eigenvalue weighted by Crippen LogP contribution is 2.34. The minimum absolute atomic E-state index is 0.651. The Hall–Kier alpha value is -2.43. The molecule has 1 saturated heterocycles. The number of nitrogens with zero attached hydrogens (tertiary/aromatic N) is 3. The SMILES string of the molecule is Cc1ccc([C@@]2(O)CCN(Cc3c(-c4ccccc4)nn(C)c3C)C2)cc1. The second-order valence-corrected chi connectivity index (χ2v) is 7.76. The minimum Gasteiger partial charge on any atom is -0.384 e. The van der Waals surface area contributed by atoms with Crippen LogP contribution >= 0.6 is 0 Å². The van der Waals surface area contributed by atoms with Crippen molar-refractivity contribution in [2.45, 2.75) is 32.4 Å². The van der Waals surface area contributed by atoms with Crippen LogP contribution in [-0.2, 0) is 19.2 Å². The van der Waals surface area contributed by atoms with Gasteiger partial charge in [0.25, 0.3) is 0 Å². The van der Waals surface area contributed by atoms with Gasteiger partial charge in [-0.05, 0) is 25.8 Å². The highest BCUT2D eigenvalue weighted by atomic mass is 16.3. The first-order valence-electron chi connectivity index (χ1n) is 9.56. The quantitative estimate of drug-likeness (QED) is 0.768. The van der Waals surface area contributed by atoms with Crippen molar-refractivity contribution >= 4 is 0 Å². The van der Waals surface area contributed by atoms with Crippen molar-refractivity contribution in [3.05, 3.63) is 77.0 Å². The zero-order valence-corrected chi connectivity index (χ0v) is 16.3. The lowest BCUT2D eigenvalue weighted by Crippen LogP contribution is -2.30. The molecule has 4 nitrogen and oxygen atoms in total. The van der Waals surface area contributed by atoms with Crippen LogP contribution in [0.3, 0.4) is 0 Å². The van der Waals surface area contributed by atoms with E-state index in [1.807, 2.05) is 17.8 Å². The van der Waals surface area contributed by atoms with Crippen LogP contribution in [0.2, 0.25) is 0 Å². The van der Waals surface area contributed by atoms with Crippen LogP contribution in [-0.4, -0.2) is 32.9 Å². The topological polar surface area (TPSA) is 41.3 Å². The molecule has 0 unspecified atom stereocenters. The maximum atomic E-state index is 11.2. The first kappa shape index (κ1) is 18.0. The van der Waals surface area contributed by atoms with E-state index in [-0.39, 0.29) is 0 Å². The van der Waals surface area contributed by atoms with E-state index in [9.17, 15) is 5.11 Å². The van der Waals surface area contributed by atoms with Gasteiger partial charge in [-0.15, -0.1) is 0 Å². The molecule has 4 rings (SSSR count). The van der Waals surface area contributed by atoms with Gasteiger partial charge in [-0.25, -0.2) is 0 Å². The molecule has 1 N–H and O–H groups in total. The van der Waals surface area contributed by atoms with Crippen LogP contribution in [0.15, 0.2) is 54.6 Å². The van der Waals surface area contributed by atoms with Crippen molar-refractivity contribution in [1.29, 1.82) is 0 Å². The second kappa shape index (κ2) is 6.95. The molecular weight excluding hydrogens is 334 g/mol. The molecule has 0 bridgehead atoms. The summed E-state index contributed by atoms with van der Waals surface area (Å²) < 4.78 is 1.96. The van der Waals surface area contributed by atoms with Gasteiger partial charge in [0, 0.05) is 43.5 Å². The number of rotatable bonds is 4. The fourth-order valence-corrected chi connectivity index (χ4v) is 4.00. The summed E-state index contributed by atoms with van der Waals surface area (Å²) in [6, 6.07) is 18.6. The molecule has 0 amide bonds. The monoisotopic (exact) mass is 361 g/mol. The third-order valence-electron chi connectivity index (χ3n) is 5.80. The highest BCUT2D eigenvalue weighted by molar-refractivity contribution is 5.64. The average Bonchev–Trinajstić information content (AvgIpc) is 3.19. The molecule has 2 heterocycles. The Morgan fingerprint density at radius 3 is 2.44 bits per heavy atom. The van der Waals surface area contributed by atoms with Gasteiger partial charge in [0.15, 0.2) is 0 Å². The molecule has 1 atom stereocenters. The van der Waals surface area contributed by atoms with Crippen LogP contribution in [0.1, 0.15) is 28.8 Å². The Morgan fingerprint density at radius 1 is 1.04 bits per heavy atom. The molecule has 1 aliphatic rings. The summed E-state index contributed by atoms with van der Waals surface area (Å²) in [5.41, 5.74) is 6.08. The fourth-order valence-electron chi connectivity index (χ4n) is 4.00. The van der Waals surface area contributed by atoms with Crippen molar-refractivity contribution in [3.63, 3.8) is 0 Å². The van der Waals surface area contributed by atoms with E-state index in [0.29, 0.717) is 6.54 Å². The van der Waals surface area contributed by atoms with E-state index in [0.717, 1.165) is 36.3 Å². The van der Waals surface area contributed by atoms with Crippen molar-refractivity contribution < 1.29 is 5.11 Å². The van der Waals surface area contributed by atoms with E-state index in [4.69, 9.17) is 5.10 Å². The number of hydrogen-bond acceptors (Lipinski definition) is 3. The molecule has 27 heavy (non-hydrogen) atoms. The van der Waals surface area contributed by atoms with Crippen molar-refractivity contribution in [2.75, 3.05) is 13.1 Å². The Morgan fingerprint density at radius 2 is 1.74 bits per heavy atom. The van der Waals surface area contributed by atoms with Crippen molar-refractivity contribution in [1.82, 2.24) is 14.7 Å². The molecule has 2 aromatic carbocycles. The van der Waals surface area contributed by atoms with E-state index >= 15 is 0 Å². The summed E-state index contributed by atoms with van der Waals surface area (Å²) in [5.74, 6) is 0. The molecule has 0 spiro atoms. The molecule has 1 aliphatic heterocycles. The molecule has 1 aromatic heterocycles. The largest absolute Gasteiger partial charge is 0.384 e. The van der Waals surface area contributed by atoms with E-state index in [1.165, 1.54) is 16.8 Å². The summed E-state index contributed by atoms with van der Waals surface area (Å²) in [7, 11) is 2.00. The maximum absolute atomic E-state index is 11.2. The van der Waals surface area contributed by atoms with Gasteiger partial charge in [-0.3, -0.25) is 9.58 Å². The molecule has 0 aliphatic carbocycles. The summed E-state index contributed by atoms with van der Waals surface area (Å²) in [6.45, 7) is 6.53. The first-order valence-corrected chi connectivity index (χ1v) is 9.56. The zero-order chi connectivity index (χ0) is 19.0. The van der Waals surface area contributed by atoms with E-state index in [2.05, 4.69) is 67.3 Å². The minimum atomic E-state index is -0.767.